The van der Waals surface area contributed by atoms with Crippen LogP contribution in [0.5, 0.6) is 5.75 Å². The van der Waals surface area contributed by atoms with Gasteiger partial charge in [-0.15, -0.1) is 0 Å². The van der Waals surface area contributed by atoms with E-state index in [0.29, 0.717) is 0 Å². The summed E-state index contributed by atoms with van der Waals surface area (Å²) in [6.07, 6.45) is 21.6. The Labute approximate surface area is 162 Å². The van der Waals surface area contributed by atoms with Crippen LogP contribution >= 0.6 is 7.92 Å². The molecule has 0 aromatic heterocycles. The Balaban J connectivity index is 1.62. The molecule has 5 radical (unpaired) electrons. The number of methoxy groups -OCH3 is 1. The van der Waals surface area contributed by atoms with Crippen molar-refractivity contribution in [2.24, 2.45) is 0 Å². The van der Waals surface area contributed by atoms with E-state index in [1.807, 2.05) is 0 Å². The second kappa shape index (κ2) is 9.09. The van der Waals surface area contributed by atoms with E-state index in [0.717, 1.165) is 17.1 Å². The normalized spacial score (nSPS) is 24.4. The lowest BCUT2D eigenvalue weighted by atomic mass is 9.96. The van der Waals surface area contributed by atoms with Gasteiger partial charge in [0.2, 0.25) is 0 Å². The van der Waals surface area contributed by atoms with Gasteiger partial charge in [-0.2, -0.15) is 0 Å². The monoisotopic (exact) mass is 367 g/mol. The molecule has 0 bridgehead atoms. The number of benzene rings is 1. The van der Waals surface area contributed by atoms with Crippen LogP contribution in [0.15, 0.2) is 24.3 Å². The zero-order valence-corrected chi connectivity index (χ0v) is 17.0. The lowest BCUT2D eigenvalue weighted by Crippen LogP contribution is -2.25. The van der Waals surface area contributed by atoms with Crippen LogP contribution in [0.2, 0.25) is 0 Å². The molecule has 0 saturated heterocycles. The summed E-state index contributed by atoms with van der Waals surface area (Å²) >= 11 is 0. The van der Waals surface area contributed by atoms with Crippen molar-refractivity contribution >= 4 is 7.92 Å². The number of para-hydroxylation sites is 1. The lowest BCUT2D eigenvalue weighted by molar-refractivity contribution is 0.411. The largest absolute Gasteiger partial charge is 0.496 e. The van der Waals surface area contributed by atoms with Gasteiger partial charge in [0, 0.05) is 17.1 Å². The van der Waals surface area contributed by atoms with Gasteiger partial charge in [-0.1, -0.05) is 64.6 Å². The molecule has 0 unspecified atom stereocenters. The minimum absolute atomic E-state index is 0.0724. The third-order valence-corrected chi connectivity index (χ3v) is 9.96. The zero-order chi connectivity index (χ0) is 17.8. The summed E-state index contributed by atoms with van der Waals surface area (Å²) in [4.78, 5) is 0. The van der Waals surface area contributed by atoms with E-state index in [-0.39, 0.29) is 7.92 Å². The van der Waals surface area contributed by atoms with Crippen LogP contribution in [0.3, 0.4) is 0 Å². The highest BCUT2D eigenvalue weighted by Gasteiger charge is 2.44. The third-order valence-electron chi connectivity index (χ3n) is 6.40. The molecule has 1 nitrogen and oxygen atoms in total. The molecule has 0 aliphatic heterocycles. The van der Waals surface area contributed by atoms with Crippen LogP contribution in [0.4, 0.5) is 0 Å². The van der Waals surface area contributed by atoms with Crippen LogP contribution in [0.1, 0.15) is 69.8 Å². The molecule has 3 aliphatic carbocycles. The molecule has 1 aromatic carbocycles. The molecule has 139 valence electrons. The van der Waals surface area contributed by atoms with Crippen LogP contribution < -0.4 is 4.74 Å². The minimum atomic E-state index is -0.0724. The maximum Gasteiger partial charge on any atom is 0.122 e. The Morgan fingerprint density at radius 2 is 1.42 bits per heavy atom. The number of hydrogen-bond donors (Lipinski definition) is 0. The number of rotatable bonds is 5. The fourth-order valence-electron chi connectivity index (χ4n) is 5.14. The SMILES string of the molecule is COc1ccccc1[C]1[CH][CH][CH][C]1P(C1CCCCC1)C1CCCCC1. The Bertz CT molecular complexity index is 541. The van der Waals surface area contributed by atoms with E-state index in [4.69, 9.17) is 4.74 Å². The highest BCUT2D eigenvalue weighted by Crippen LogP contribution is 2.68. The molecule has 0 spiro atoms. The van der Waals surface area contributed by atoms with Crippen molar-refractivity contribution in [1.82, 2.24) is 0 Å². The standard InChI is InChI=1S/C24H32OP/c1-25-23-17-9-8-15-21(23)22-16-10-18-24(22)26(19-11-4-2-5-12-19)20-13-6-3-7-14-20/h8-10,15-20H,2-7,11-14H2,1H3. The average Bonchev–Trinajstić information content (AvgIpc) is 3.19. The van der Waals surface area contributed by atoms with Gasteiger partial charge in [0.25, 0.3) is 0 Å². The predicted molar refractivity (Wildman–Crippen MR) is 112 cm³/mol. The van der Waals surface area contributed by atoms with Gasteiger partial charge in [-0.25, -0.2) is 0 Å². The van der Waals surface area contributed by atoms with E-state index in [9.17, 15) is 0 Å². The molecular formula is C24H32OP. The molecule has 0 amide bonds. The summed E-state index contributed by atoms with van der Waals surface area (Å²) in [5.74, 6) is 2.46. The fraction of sp³-hybridized carbons (Fsp3) is 0.542. The predicted octanol–water partition coefficient (Wildman–Crippen LogP) is 6.92. The van der Waals surface area contributed by atoms with Gasteiger partial charge in [0.15, 0.2) is 0 Å². The molecule has 2 heteroatoms. The first-order chi connectivity index (χ1) is 12.9. The number of hydrogen-bond acceptors (Lipinski definition) is 1. The van der Waals surface area contributed by atoms with Crippen LogP contribution in [-0.4, -0.2) is 18.4 Å². The average molecular weight is 367 g/mol. The smallest absolute Gasteiger partial charge is 0.122 e. The van der Waals surface area contributed by atoms with Crippen molar-refractivity contribution in [2.45, 2.75) is 75.5 Å². The molecule has 0 atom stereocenters. The molecule has 0 heterocycles. The molecule has 1 aromatic rings. The highest BCUT2D eigenvalue weighted by atomic mass is 31.1. The zero-order valence-electron chi connectivity index (χ0n) is 16.1. The van der Waals surface area contributed by atoms with E-state index >= 15 is 0 Å². The van der Waals surface area contributed by atoms with E-state index < -0.39 is 0 Å². The molecule has 3 aliphatic rings. The van der Waals surface area contributed by atoms with Gasteiger partial charge in [-0.3, -0.25) is 0 Å². The molecular weight excluding hydrogens is 335 g/mol. The Morgan fingerprint density at radius 1 is 0.808 bits per heavy atom. The molecule has 3 fully saturated rings. The van der Waals surface area contributed by atoms with Gasteiger partial charge >= 0.3 is 0 Å². The van der Waals surface area contributed by atoms with Gasteiger partial charge in [0.1, 0.15) is 5.75 Å². The van der Waals surface area contributed by atoms with Crippen molar-refractivity contribution in [2.75, 3.05) is 7.11 Å². The third kappa shape index (κ3) is 3.99. The Hall–Kier alpha value is -0.550. The molecule has 4 rings (SSSR count). The fourth-order valence-corrected chi connectivity index (χ4v) is 9.10. The summed E-state index contributed by atoms with van der Waals surface area (Å²) in [7, 11) is 1.73. The maximum absolute atomic E-state index is 5.70. The summed E-state index contributed by atoms with van der Waals surface area (Å²) < 4.78 is 5.70. The van der Waals surface area contributed by atoms with E-state index in [1.165, 1.54) is 75.7 Å². The second-order valence-corrected chi connectivity index (χ2v) is 10.8. The summed E-state index contributed by atoms with van der Waals surface area (Å²) in [6, 6.07) is 8.58. The van der Waals surface area contributed by atoms with Crippen molar-refractivity contribution in [3.8, 4) is 5.75 Å². The maximum atomic E-state index is 5.70. The van der Waals surface area contributed by atoms with Gasteiger partial charge in [-0.05, 0) is 62.3 Å². The van der Waals surface area contributed by atoms with Crippen LogP contribution in [0, 0.1) is 30.8 Å². The van der Waals surface area contributed by atoms with Crippen molar-refractivity contribution in [3.63, 3.8) is 0 Å². The molecule has 26 heavy (non-hydrogen) atoms. The van der Waals surface area contributed by atoms with Crippen LogP contribution in [-0.2, 0) is 0 Å². The van der Waals surface area contributed by atoms with E-state index in [2.05, 4.69) is 43.5 Å². The van der Waals surface area contributed by atoms with Crippen LogP contribution in [0.25, 0.3) is 0 Å². The van der Waals surface area contributed by atoms with Crippen molar-refractivity contribution in [1.29, 1.82) is 0 Å². The second-order valence-electron chi connectivity index (χ2n) is 8.02. The van der Waals surface area contributed by atoms with Gasteiger partial charge in [0.05, 0.1) is 7.11 Å². The van der Waals surface area contributed by atoms with E-state index in [1.54, 1.807) is 12.8 Å². The lowest BCUT2D eigenvalue weighted by Gasteiger charge is -2.43. The first-order valence-corrected chi connectivity index (χ1v) is 12.0. The Morgan fingerprint density at radius 3 is 2.04 bits per heavy atom. The van der Waals surface area contributed by atoms with Crippen molar-refractivity contribution < 1.29 is 4.74 Å². The molecule has 0 N–H and O–H groups in total. The summed E-state index contributed by atoms with van der Waals surface area (Å²) in [6.45, 7) is 0. The molecule has 3 saturated carbocycles. The first kappa shape index (κ1) is 18.8. The minimum Gasteiger partial charge on any atom is -0.496 e. The summed E-state index contributed by atoms with van der Waals surface area (Å²) in [5, 5.41) is 0. The quantitative estimate of drug-likeness (QED) is 0.513. The van der Waals surface area contributed by atoms with Gasteiger partial charge < -0.3 is 4.74 Å². The number of ether oxygens (including phenoxy) is 1. The van der Waals surface area contributed by atoms with Crippen molar-refractivity contribution in [3.05, 3.63) is 60.7 Å². The topological polar surface area (TPSA) is 9.23 Å². The highest BCUT2D eigenvalue weighted by molar-refractivity contribution is 7.63. The Kier molecular flexibility index (Phi) is 6.57. The summed E-state index contributed by atoms with van der Waals surface area (Å²) in [5.41, 5.74) is 4.84. The first-order valence-electron chi connectivity index (χ1n) is 10.6.